The van der Waals surface area contributed by atoms with Crippen LogP contribution in [0.1, 0.15) is 24.9 Å². The first kappa shape index (κ1) is 11.7. The molecule has 1 aromatic carbocycles. The number of halogens is 2. The molecule has 3 heteroatoms. The molecule has 0 aliphatic heterocycles. The van der Waals surface area contributed by atoms with Crippen LogP contribution in [0.5, 0.6) is 0 Å². The topological polar surface area (TPSA) is 12.0 Å². The lowest BCUT2D eigenvalue weighted by atomic mass is 10.0. The molecule has 1 atom stereocenters. The first-order valence-corrected chi connectivity index (χ1v) is 4.81. The van der Waals surface area contributed by atoms with Crippen LogP contribution in [0.15, 0.2) is 18.2 Å². The Balaban J connectivity index is 3.00. The largest absolute Gasteiger partial charge is 0.309 e. The number of terminal acetylenes is 1. The molecule has 0 aliphatic rings. The second-order valence-electron chi connectivity index (χ2n) is 3.16. The molecule has 1 nitrogen and oxygen atoms in total. The van der Waals surface area contributed by atoms with E-state index in [9.17, 15) is 8.78 Å². The third-order valence-corrected chi connectivity index (χ3v) is 2.13. The molecule has 0 amide bonds. The molecular formula is C12H13F2N. The first-order chi connectivity index (χ1) is 7.20. The zero-order valence-corrected chi connectivity index (χ0v) is 8.56. The normalized spacial score (nSPS) is 12.1. The van der Waals surface area contributed by atoms with Gasteiger partial charge in [-0.05, 0) is 12.6 Å². The number of hydrogen-bond acceptors (Lipinski definition) is 1. The van der Waals surface area contributed by atoms with Gasteiger partial charge in [0.25, 0.3) is 0 Å². The van der Waals surface area contributed by atoms with Gasteiger partial charge in [0, 0.05) is 18.0 Å². The molecule has 0 spiro atoms. The summed E-state index contributed by atoms with van der Waals surface area (Å²) >= 11 is 0. The fourth-order valence-corrected chi connectivity index (χ4v) is 1.45. The molecule has 0 saturated heterocycles. The van der Waals surface area contributed by atoms with Crippen molar-refractivity contribution in [3.8, 4) is 12.3 Å². The van der Waals surface area contributed by atoms with Crippen molar-refractivity contribution in [1.82, 2.24) is 5.32 Å². The lowest BCUT2D eigenvalue weighted by Gasteiger charge is -2.16. The highest BCUT2D eigenvalue weighted by Crippen LogP contribution is 2.21. The Hall–Kier alpha value is -1.40. The third kappa shape index (κ3) is 2.77. The first-order valence-electron chi connectivity index (χ1n) is 4.81. The van der Waals surface area contributed by atoms with Crippen molar-refractivity contribution in [2.75, 3.05) is 6.54 Å². The molecule has 0 bridgehead atoms. The van der Waals surface area contributed by atoms with Gasteiger partial charge < -0.3 is 5.32 Å². The van der Waals surface area contributed by atoms with Crippen molar-refractivity contribution in [1.29, 1.82) is 0 Å². The molecule has 0 radical (unpaired) electrons. The fraction of sp³-hybridized carbons (Fsp3) is 0.333. The maximum absolute atomic E-state index is 13.4. The molecular weight excluding hydrogens is 196 g/mol. The summed E-state index contributed by atoms with van der Waals surface area (Å²) in [6, 6.07) is 3.80. The van der Waals surface area contributed by atoms with E-state index in [0.29, 0.717) is 13.0 Å². The maximum atomic E-state index is 13.4. The summed E-state index contributed by atoms with van der Waals surface area (Å²) in [6.07, 6.45) is 5.52. The molecule has 0 aromatic heterocycles. The molecule has 0 saturated carbocycles. The van der Waals surface area contributed by atoms with Crippen molar-refractivity contribution < 1.29 is 8.78 Å². The van der Waals surface area contributed by atoms with E-state index in [1.807, 2.05) is 6.92 Å². The number of hydrogen-bond donors (Lipinski definition) is 1. The molecule has 1 aromatic rings. The van der Waals surface area contributed by atoms with Crippen LogP contribution in [0.4, 0.5) is 8.78 Å². The van der Waals surface area contributed by atoms with Crippen molar-refractivity contribution in [2.24, 2.45) is 0 Å². The minimum atomic E-state index is -0.840. The highest BCUT2D eigenvalue weighted by Gasteiger charge is 2.16. The van der Waals surface area contributed by atoms with Gasteiger partial charge in [-0.3, -0.25) is 0 Å². The minimum absolute atomic E-state index is 0.287. The smallest absolute Gasteiger partial charge is 0.163 e. The van der Waals surface area contributed by atoms with Crippen LogP contribution in [-0.2, 0) is 0 Å². The van der Waals surface area contributed by atoms with Crippen molar-refractivity contribution in [3.63, 3.8) is 0 Å². The van der Waals surface area contributed by atoms with Crippen LogP contribution in [0.2, 0.25) is 0 Å². The summed E-state index contributed by atoms with van der Waals surface area (Å²) in [7, 11) is 0. The standard InChI is InChI=1S/C12H13F2N/c1-3-6-11(15-4-2)9-7-5-8-10(13)12(9)14/h1,5,7-8,11,15H,4,6H2,2H3. The van der Waals surface area contributed by atoms with Gasteiger partial charge in [-0.1, -0.05) is 19.1 Å². The summed E-state index contributed by atoms with van der Waals surface area (Å²) in [5.41, 5.74) is 0.287. The van der Waals surface area contributed by atoms with E-state index in [-0.39, 0.29) is 11.6 Å². The van der Waals surface area contributed by atoms with Crippen LogP contribution in [0.25, 0.3) is 0 Å². The summed E-state index contributed by atoms with van der Waals surface area (Å²) in [4.78, 5) is 0. The van der Waals surface area contributed by atoms with Crippen molar-refractivity contribution in [3.05, 3.63) is 35.4 Å². The number of benzene rings is 1. The predicted octanol–water partition coefficient (Wildman–Crippen LogP) is 2.64. The van der Waals surface area contributed by atoms with E-state index in [0.717, 1.165) is 6.07 Å². The van der Waals surface area contributed by atoms with Gasteiger partial charge >= 0.3 is 0 Å². The van der Waals surface area contributed by atoms with Gasteiger partial charge in [-0.2, -0.15) is 0 Å². The van der Waals surface area contributed by atoms with E-state index < -0.39 is 11.6 Å². The average Bonchev–Trinajstić information content (AvgIpc) is 2.22. The van der Waals surface area contributed by atoms with Crippen LogP contribution < -0.4 is 5.32 Å². The van der Waals surface area contributed by atoms with E-state index in [1.54, 1.807) is 6.07 Å². The SMILES string of the molecule is C#CCC(NCC)c1cccc(F)c1F. The fourth-order valence-electron chi connectivity index (χ4n) is 1.45. The van der Waals surface area contributed by atoms with Gasteiger partial charge in [-0.15, -0.1) is 12.3 Å². The Morgan fingerprint density at radius 1 is 1.47 bits per heavy atom. The summed E-state index contributed by atoms with van der Waals surface area (Å²) in [6.45, 7) is 2.54. The van der Waals surface area contributed by atoms with Gasteiger partial charge in [0.2, 0.25) is 0 Å². The zero-order chi connectivity index (χ0) is 11.3. The number of nitrogens with one attached hydrogen (secondary N) is 1. The lowest BCUT2D eigenvalue weighted by Crippen LogP contribution is -2.21. The van der Waals surface area contributed by atoms with E-state index in [1.165, 1.54) is 6.07 Å². The molecule has 80 valence electrons. The van der Waals surface area contributed by atoms with Crippen LogP contribution in [0, 0.1) is 24.0 Å². The summed E-state index contributed by atoms with van der Waals surface area (Å²) < 4.78 is 26.4. The molecule has 1 rings (SSSR count). The van der Waals surface area contributed by atoms with Gasteiger partial charge in [-0.25, -0.2) is 8.78 Å². The number of rotatable bonds is 4. The monoisotopic (exact) mass is 209 g/mol. The second-order valence-corrected chi connectivity index (χ2v) is 3.16. The van der Waals surface area contributed by atoms with Crippen LogP contribution >= 0.6 is 0 Å². The quantitative estimate of drug-likeness (QED) is 0.752. The summed E-state index contributed by atoms with van der Waals surface area (Å²) in [5, 5.41) is 3.02. The van der Waals surface area contributed by atoms with Crippen LogP contribution in [0.3, 0.4) is 0 Å². The Morgan fingerprint density at radius 3 is 2.80 bits per heavy atom. The molecule has 0 heterocycles. The van der Waals surface area contributed by atoms with E-state index in [2.05, 4.69) is 11.2 Å². The maximum Gasteiger partial charge on any atom is 0.163 e. The Labute approximate surface area is 88.5 Å². The minimum Gasteiger partial charge on any atom is -0.309 e. The van der Waals surface area contributed by atoms with Crippen molar-refractivity contribution >= 4 is 0 Å². The molecule has 15 heavy (non-hydrogen) atoms. The van der Waals surface area contributed by atoms with E-state index >= 15 is 0 Å². The Kier molecular flexibility index (Phi) is 4.26. The molecule has 0 aliphatic carbocycles. The van der Waals surface area contributed by atoms with Crippen molar-refractivity contribution in [2.45, 2.75) is 19.4 Å². The van der Waals surface area contributed by atoms with Crippen LogP contribution in [-0.4, -0.2) is 6.54 Å². The molecule has 1 unspecified atom stereocenters. The van der Waals surface area contributed by atoms with Gasteiger partial charge in [0.05, 0.1) is 0 Å². The Bertz CT molecular complexity index is 368. The lowest BCUT2D eigenvalue weighted by molar-refractivity contribution is 0.469. The van der Waals surface area contributed by atoms with Gasteiger partial charge in [0.1, 0.15) is 0 Å². The van der Waals surface area contributed by atoms with Gasteiger partial charge in [0.15, 0.2) is 11.6 Å². The highest BCUT2D eigenvalue weighted by molar-refractivity contribution is 5.23. The predicted molar refractivity (Wildman–Crippen MR) is 56.2 cm³/mol. The molecule has 0 fully saturated rings. The Morgan fingerprint density at radius 2 is 2.20 bits per heavy atom. The highest BCUT2D eigenvalue weighted by atomic mass is 19.2. The van der Waals surface area contributed by atoms with E-state index in [4.69, 9.17) is 6.42 Å². The zero-order valence-electron chi connectivity index (χ0n) is 8.56. The third-order valence-electron chi connectivity index (χ3n) is 2.13. The average molecular weight is 209 g/mol. The molecule has 1 N–H and O–H groups in total. The summed E-state index contributed by atoms with van der Waals surface area (Å²) in [5.74, 6) is 0.785. The second kappa shape index (κ2) is 5.47.